The van der Waals surface area contributed by atoms with Crippen molar-refractivity contribution in [2.24, 2.45) is 5.73 Å². The van der Waals surface area contributed by atoms with Gasteiger partial charge < -0.3 is 16.4 Å². The van der Waals surface area contributed by atoms with Gasteiger partial charge in [-0.25, -0.2) is 0 Å². The number of rotatable bonds is 2. The Kier molecular flexibility index (Phi) is 2.52. The maximum Gasteiger partial charge on any atom is 0.228 e. The second kappa shape index (κ2) is 4.04. The van der Waals surface area contributed by atoms with Gasteiger partial charge in [0.2, 0.25) is 5.91 Å². The number of carbonyl (C=O) groups excluding carboxylic acids is 1. The second-order valence-corrected chi connectivity index (χ2v) is 4.94. The summed E-state index contributed by atoms with van der Waals surface area (Å²) in [6.45, 7) is 0. The van der Waals surface area contributed by atoms with Crippen LogP contribution < -0.4 is 16.4 Å². The summed E-state index contributed by atoms with van der Waals surface area (Å²) in [7, 11) is 0. The molecule has 1 aromatic rings. The van der Waals surface area contributed by atoms with Gasteiger partial charge in [0, 0.05) is 23.5 Å². The number of anilines is 2. The van der Waals surface area contributed by atoms with Crippen molar-refractivity contribution in [3.8, 4) is 0 Å². The van der Waals surface area contributed by atoms with Crippen molar-refractivity contribution in [1.29, 1.82) is 0 Å². The maximum absolute atomic E-state index is 11.3. The van der Waals surface area contributed by atoms with Crippen LogP contribution >= 0.6 is 0 Å². The second-order valence-electron chi connectivity index (χ2n) is 4.94. The summed E-state index contributed by atoms with van der Waals surface area (Å²) in [4.78, 5) is 11.3. The van der Waals surface area contributed by atoms with E-state index >= 15 is 0 Å². The molecule has 17 heavy (non-hydrogen) atoms. The van der Waals surface area contributed by atoms with Crippen molar-refractivity contribution in [2.75, 3.05) is 10.6 Å². The molecule has 1 heterocycles. The lowest BCUT2D eigenvalue weighted by molar-refractivity contribution is -0.115. The molecule has 4 nitrogen and oxygen atoms in total. The van der Waals surface area contributed by atoms with E-state index in [1.807, 2.05) is 12.1 Å². The number of benzene rings is 1. The van der Waals surface area contributed by atoms with Gasteiger partial charge >= 0.3 is 0 Å². The molecule has 2 aliphatic rings. The molecule has 3 rings (SSSR count). The fourth-order valence-electron chi connectivity index (χ4n) is 2.70. The van der Waals surface area contributed by atoms with Crippen LogP contribution in [-0.2, 0) is 11.2 Å². The summed E-state index contributed by atoms with van der Waals surface area (Å²) in [6.07, 6.45) is 3.92. The minimum absolute atomic E-state index is 0.0784. The summed E-state index contributed by atoms with van der Waals surface area (Å²) in [5.74, 6) is 0.0784. The summed E-state index contributed by atoms with van der Waals surface area (Å²) >= 11 is 0. The van der Waals surface area contributed by atoms with E-state index in [0.717, 1.165) is 29.8 Å². The van der Waals surface area contributed by atoms with Gasteiger partial charge in [0.05, 0.1) is 6.42 Å². The first kappa shape index (κ1) is 10.6. The molecule has 0 saturated heterocycles. The fourth-order valence-corrected chi connectivity index (χ4v) is 2.70. The monoisotopic (exact) mass is 231 g/mol. The van der Waals surface area contributed by atoms with Crippen molar-refractivity contribution in [2.45, 2.75) is 37.8 Å². The van der Waals surface area contributed by atoms with Gasteiger partial charge in [-0.2, -0.15) is 0 Å². The first-order valence-electron chi connectivity index (χ1n) is 6.17. The molecule has 0 radical (unpaired) electrons. The van der Waals surface area contributed by atoms with Crippen LogP contribution in [0.25, 0.3) is 0 Å². The van der Waals surface area contributed by atoms with Crippen LogP contribution in [0.15, 0.2) is 18.2 Å². The van der Waals surface area contributed by atoms with Crippen LogP contribution in [0, 0.1) is 0 Å². The molecular formula is C13H17N3O. The molecule has 4 heteroatoms. The average Bonchev–Trinajstić information content (AvgIpc) is 2.84. The molecule has 1 fully saturated rings. The lowest BCUT2D eigenvalue weighted by Gasteiger charge is -2.19. The van der Waals surface area contributed by atoms with E-state index in [1.54, 1.807) is 0 Å². The van der Waals surface area contributed by atoms with Gasteiger partial charge in [-0.15, -0.1) is 0 Å². The number of fused-ring (bicyclic) bond motifs is 1. The van der Waals surface area contributed by atoms with E-state index in [-0.39, 0.29) is 11.9 Å². The highest BCUT2D eigenvalue weighted by Gasteiger charge is 2.24. The van der Waals surface area contributed by atoms with E-state index in [4.69, 9.17) is 5.73 Å². The number of hydrogen-bond donors (Lipinski definition) is 3. The summed E-state index contributed by atoms with van der Waals surface area (Å²) in [5, 5.41) is 6.31. The third-order valence-electron chi connectivity index (χ3n) is 3.65. The Labute approximate surface area is 101 Å². The lowest BCUT2D eigenvalue weighted by atomic mass is 10.1. The van der Waals surface area contributed by atoms with E-state index < -0.39 is 0 Å². The molecule has 90 valence electrons. The predicted octanol–water partition coefficient (Wildman–Crippen LogP) is 1.47. The van der Waals surface area contributed by atoms with Crippen LogP contribution in [0.2, 0.25) is 0 Å². The van der Waals surface area contributed by atoms with Crippen molar-refractivity contribution < 1.29 is 4.79 Å². The molecule has 1 aliphatic carbocycles. The smallest absolute Gasteiger partial charge is 0.228 e. The molecule has 1 aromatic carbocycles. The van der Waals surface area contributed by atoms with Crippen molar-refractivity contribution in [3.05, 3.63) is 23.8 Å². The number of hydrogen-bond acceptors (Lipinski definition) is 3. The predicted molar refractivity (Wildman–Crippen MR) is 68.0 cm³/mol. The van der Waals surface area contributed by atoms with Gasteiger partial charge in [-0.1, -0.05) is 0 Å². The molecule has 4 N–H and O–H groups in total. The van der Waals surface area contributed by atoms with Crippen molar-refractivity contribution in [3.63, 3.8) is 0 Å². The highest BCUT2D eigenvalue weighted by Crippen LogP contribution is 2.28. The molecule has 2 unspecified atom stereocenters. The summed E-state index contributed by atoms with van der Waals surface area (Å²) < 4.78 is 0. The first-order valence-corrected chi connectivity index (χ1v) is 6.17. The van der Waals surface area contributed by atoms with Crippen molar-refractivity contribution >= 4 is 17.3 Å². The number of amides is 1. The van der Waals surface area contributed by atoms with E-state index in [0.29, 0.717) is 12.5 Å². The quantitative estimate of drug-likeness (QED) is 0.722. The average molecular weight is 231 g/mol. The van der Waals surface area contributed by atoms with Crippen LogP contribution in [0.4, 0.5) is 11.4 Å². The molecule has 0 bridgehead atoms. The van der Waals surface area contributed by atoms with Crippen LogP contribution in [0.1, 0.15) is 24.8 Å². The van der Waals surface area contributed by atoms with E-state index in [1.165, 1.54) is 6.42 Å². The third kappa shape index (κ3) is 2.00. The minimum atomic E-state index is 0.0784. The van der Waals surface area contributed by atoms with Crippen molar-refractivity contribution in [1.82, 2.24) is 0 Å². The number of carbonyl (C=O) groups is 1. The Balaban J connectivity index is 1.76. The molecule has 0 aromatic heterocycles. The number of nitrogens with one attached hydrogen (secondary N) is 2. The molecular weight excluding hydrogens is 214 g/mol. The largest absolute Gasteiger partial charge is 0.381 e. The first-order chi connectivity index (χ1) is 8.22. The Hall–Kier alpha value is -1.55. The Bertz CT molecular complexity index is 458. The Morgan fingerprint density at radius 3 is 3.00 bits per heavy atom. The van der Waals surface area contributed by atoms with E-state index in [2.05, 4.69) is 16.7 Å². The third-order valence-corrected chi connectivity index (χ3v) is 3.65. The van der Waals surface area contributed by atoms with Gasteiger partial charge in [0.25, 0.3) is 0 Å². The van der Waals surface area contributed by atoms with Gasteiger partial charge in [0.15, 0.2) is 0 Å². The Morgan fingerprint density at radius 1 is 1.35 bits per heavy atom. The van der Waals surface area contributed by atoms with Gasteiger partial charge in [0.1, 0.15) is 0 Å². The highest BCUT2D eigenvalue weighted by atomic mass is 16.1. The SMILES string of the molecule is NC1CCCC1Nc1ccc2c(c1)CC(=O)N2. The summed E-state index contributed by atoms with van der Waals surface area (Å²) in [5.41, 5.74) is 9.12. The molecule has 1 saturated carbocycles. The normalized spacial score (nSPS) is 26.8. The van der Waals surface area contributed by atoms with Gasteiger partial charge in [-0.3, -0.25) is 4.79 Å². The molecule has 2 atom stereocenters. The van der Waals surface area contributed by atoms with Gasteiger partial charge in [-0.05, 0) is 43.0 Å². The summed E-state index contributed by atoms with van der Waals surface area (Å²) in [6, 6.07) is 6.65. The topological polar surface area (TPSA) is 67.1 Å². The van der Waals surface area contributed by atoms with Crippen LogP contribution in [0.3, 0.4) is 0 Å². The Morgan fingerprint density at radius 2 is 2.24 bits per heavy atom. The zero-order valence-corrected chi connectivity index (χ0v) is 9.70. The molecule has 1 aliphatic heterocycles. The minimum Gasteiger partial charge on any atom is -0.381 e. The molecule has 1 amide bonds. The fraction of sp³-hybridized carbons (Fsp3) is 0.462. The highest BCUT2D eigenvalue weighted by molar-refractivity contribution is 5.99. The number of nitrogens with two attached hydrogens (primary N) is 1. The van der Waals surface area contributed by atoms with Crippen LogP contribution in [-0.4, -0.2) is 18.0 Å². The standard InChI is InChI=1S/C13H17N3O/c14-10-2-1-3-12(10)15-9-4-5-11-8(6-9)7-13(17)16-11/h4-6,10,12,15H,1-3,7,14H2,(H,16,17). The van der Waals surface area contributed by atoms with E-state index in [9.17, 15) is 4.79 Å². The van der Waals surface area contributed by atoms with Crippen LogP contribution in [0.5, 0.6) is 0 Å². The lowest BCUT2D eigenvalue weighted by Crippen LogP contribution is -2.35. The molecule has 0 spiro atoms. The zero-order valence-electron chi connectivity index (χ0n) is 9.70. The zero-order chi connectivity index (χ0) is 11.8. The maximum atomic E-state index is 11.3.